The monoisotopic (exact) mass is 272 g/mol. The number of carboxylic acid groups (broad SMARTS) is 1. The fourth-order valence-corrected chi connectivity index (χ4v) is 1.55. The van der Waals surface area contributed by atoms with Crippen molar-refractivity contribution in [3.8, 4) is 0 Å². The lowest BCUT2D eigenvalue weighted by molar-refractivity contribution is -0.145. The SMILES string of the molecule is O=C(O)CC(Cl)CC(Cl)(Cl)C(F)(F)F. The van der Waals surface area contributed by atoms with Crippen LogP contribution in [-0.4, -0.2) is 27.0 Å². The number of hydrogen-bond acceptors (Lipinski definition) is 1. The molecule has 84 valence electrons. The maximum Gasteiger partial charge on any atom is 0.421 e. The fraction of sp³-hybridized carbons (Fsp3) is 0.833. The number of rotatable bonds is 4. The minimum absolute atomic E-state index is 0.626. The Morgan fingerprint density at radius 3 is 2.07 bits per heavy atom. The van der Waals surface area contributed by atoms with E-state index in [4.69, 9.17) is 39.9 Å². The van der Waals surface area contributed by atoms with E-state index in [-0.39, 0.29) is 0 Å². The minimum Gasteiger partial charge on any atom is -0.481 e. The molecule has 0 amide bonds. The van der Waals surface area contributed by atoms with Crippen LogP contribution in [0.1, 0.15) is 12.8 Å². The lowest BCUT2D eigenvalue weighted by atomic mass is 10.1. The maximum absolute atomic E-state index is 12.1. The van der Waals surface area contributed by atoms with E-state index < -0.39 is 34.7 Å². The highest BCUT2D eigenvalue weighted by molar-refractivity contribution is 6.49. The van der Waals surface area contributed by atoms with Gasteiger partial charge in [-0.2, -0.15) is 13.2 Å². The molecular weight excluding hydrogens is 267 g/mol. The number of hydrogen-bond donors (Lipinski definition) is 1. The van der Waals surface area contributed by atoms with Crippen molar-refractivity contribution in [1.29, 1.82) is 0 Å². The summed E-state index contributed by atoms with van der Waals surface area (Å²) in [5.41, 5.74) is 0. The van der Waals surface area contributed by atoms with Gasteiger partial charge in [0.2, 0.25) is 4.33 Å². The molecule has 1 N–H and O–H groups in total. The molecule has 0 fully saturated rings. The van der Waals surface area contributed by atoms with Crippen LogP contribution in [0, 0.1) is 0 Å². The average Bonchev–Trinajstić information content (AvgIpc) is 1.79. The smallest absolute Gasteiger partial charge is 0.421 e. The van der Waals surface area contributed by atoms with Crippen molar-refractivity contribution in [2.75, 3.05) is 0 Å². The largest absolute Gasteiger partial charge is 0.481 e. The van der Waals surface area contributed by atoms with Gasteiger partial charge in [0, 0.05) is 11.8 Å². The third-order valence-electron chi connectivity index (χ3n) is 1.29. The van der Waals surface area contributed by atoms with Gasteiger partial charge in [0.15, 0.2) is 0 Å². The summed E-state index contributed by atoms with van der Waals surface area (Å²) in [4.78, 5) is 10.1. The molecule has 0 aliphatic heterocycles. The lowest BCUT2D eigenvalue weighted by Crippen LogP contribution is -2.36. The van der Waals surface area contributed by atoms with E-state index >= 15 is 0 Å². The van der Waals surface area contributed by atoms with Crippen LogP contribution in [0.5, 0.6) is 0 Å². The van der Waals surface area contributed by atoms with Gasteiger partial charge in [-0.3, -0.25) is 4.79 Å². The summed E-state index contributed by atoms with van der Waals surface area (Å²) in [5.74, 6) is -1.31. The Labute approximate surface area is 92.9 Å². The Hall–Kier alpha value is 0.130. The lowest BCUT2D eigenvalue weighted by Gasteiger charge is -2.24. The Morgan fingerprint density at radius 1 is 1.36 bits per heavy atom. The number of alkyl halides is 6. The molecule has 0 aliphatic carbocycles. The van der Waals surface area contributed by atoms with Crippen molar-refractivity contribution in [3.63, 3.8) is 0 Å². The third-order valence-corrected chi connectivity index (χ3v) is 2.33. The van der Waals surface area contributed by atoms with Crippen LogP contribution >= 0.6 is 34.8 Å². The van der Waals surface area contributed by atoms with Crippen LogP contribution in [0.15, 0.2) is 0 Å². The molecule has 0 saturated carbocycles. The summed E-state index contributed by atoms with van der Waals surface area (Å²) in [6.45, 7) is 0. The summed E-state index contributed by atoms with van der Waals surface area (Å²) >= 11 is 15.2. The standard InChI is InChI=1S/C6H6Cl3F3O2/c7-3(1-4(13)14)2-5(8,9)6(10,11)12/h3H,1-2H2,(H,13,14). The predicted molar refractivity (Wildman–Crippen MR) is 47.0 cm³/mol. The first kappa shape index (κ1) is 14.1. The van der Waals surface area contributed by atoms with Crippen molar-refractivity contribution >= 4 is 40.8 Å². The molecule has 0 aliphatic rings. The first-order valence-corrected chi connectivity index (χ1v) is 4.56. The predicted octanol–water partition coefficient (Wildman–Crippen LogP) is 3.19. The Bertz CT molecular complexity index is 217. The van der Waals surface area contributed by atoms with Gasteiger partial charge in [-0.1, -0.05) is 23.2 Å². The second kappa shape index (κ2) is 4.77. The topological polar surface area (TPSA) is 37.3 Å². The molecule has 8 heteroatoms. The summed E-state index contributed by atoms with van der Waals surface area (Å²) < 4.78 is 33.2. The molecule has 0 aromatic rings. The normalized spacial score (nSPS) is 15.3. The van der Waals surface area contributed by atoms with Gasteiger partial charge in [-0.15, -0.1) is 11.6 Å². The molecule has 0 saturated heterocycles. The first-order valence-electron chi connectivity index (χ1n) is 3.36. The molecule has 0 bridgehead atoms. The molecule has 2 nitrogen and oxygen atoms in total. The van der Waals surface area contributed by atoms with Crippen LogP contribution in [0.4, 0.5) is 13.2 Å². The molecule has 0 aromatic heterocycles. The Balaban J connectivity index is 4.29. The molecule has 0 radical (unpaired) electrons. The van der Waals surface area contributed by atoms with Crippen LogP contribution in [-0.2, 0) is 4.79 Å². The van der Waals surface area contributed by atoms with Gasteiger partial charge < -0.3 is 5.11 Å². The van der Waals surface area contributed by atoms with Gasteiger partial charge in [0.05, 0.1) is 6.42 Å². The van der Waals surface area contributed by atoms with Crippen LogP contribution < -0.4 is 0 Å². The van der Waals surface area contributed by atoms with E-state index in [1.54, 1.807) is 0 Å². The molecule has 14 heavy (non-hydrogen) atoms. The van der Waals surface area contributed by atoms with Gasteiger partial charge in [-0.05, 0) is 0 Å². The highest BCUT2D eigenvalue weighted by Crippen LogP contribution is 2.44. The number of carbonyl (C=O) groups is 1. The van der Waals surface area contributed by atoms with E-state index in [2.05, 4.69) is 0 Å². The Kier molecular flexibility index (Phi) is 4.81. The minimum atomic E-state index is -4.83. The zero-order valence-corrected chi connectivity index (χ0v) is 8.88. The van der Waals surface area contributed by atoms with Crippen LogP contribution in [0.2, 0.25) is 0 Å². The second-order valence-corrected chi connectivity index (χ2v) is 4.70. The Morgan fingerprint density at radius 2 is 1.79 bits per heavy atom. The van der Waals surface area contributed by atoms with E-state index in [0.717, 1.165) is 0 Å². The fourth-order valence-electron chi connectivity index (χ4n) is 0.656. The zero-order valence-electron chi connectivity index (χ0n) is 6.61. The summed E-state index contributed by atoms with van der Waals surface area (Å²) in [7, 11) is 0. The van der Waals surface area contributed by atoms with E-state index in [1.165, 1.54) is 0 Å². The first-order chi connectivity index (χ1) is 6.06. The van der Waals surface area contributed by atoms with Crippen molar-refractivity contribution in [1.82, 2.24) is 0 Å². The molecule has 1 unspecified atom stereocenters. The zero-order chi connectivity index (χ0) is 11.6. The highest BCUT2D eigenvalue weighted by atomic mass is 35.5. The quantitative estimate of drug-likeness (QED) is 0.799. The molecule has 0 aromatic carbocycles. The molecule has 0 spiro atoms. The van der Waals surface area contributed by atoms with Crippen molar-refractivity contribution in [3.05, 3.63) is 0 Å². The van der Waals surface area contributed by atoms with Gasteiger partial charge in [0.1, 0.15) is 0 Å². The molecule has 1 atom stereocenters. The van der Waals surface area contributed by atoms with E-state index in [9.17, 15) is 18.0 Å². The maximum atomic E-state index is 12.1. The van der Waals surface area contributed by atoms with Gasteiger partial charge in [-0.25, -0.2) is 0 Å². The highest BCUT2D eigenvalue weighted by Gasteiger charge is 2.53. The van der Waals surface area contributed by atoms with Crippen LogP contribution in [0.3, 0.4) is 0 Å². The van der Waals surface area contributed by atoms with Gasteiger partial charge in [0.25, 0.3) is 0 Å². The molecular formula is C6H6Cl3F3O2. The summed E-state index contributed by atoms with van der Waals surface area (Å²) in [6.07, 6.45) is -6.33. The van der Waals surface area contributed by atoms with Gasteiger partial charge >= 0.3 is 12.1 Å². The molecule has 0 rings (SSSR count). The third kappa shape index (κ3) is 4.57. The average molecular weight is 273 g/mol. The number of carboxylic acids is 1. The van der Waals surface area contributed by atoms with Crippen molar-refractivity contribution in [2.24, 2.45) is 0 Å². The number of halogens is 6. The number of aliphatic carboxylic acids is 1. The van der Waals surface area contributed by atoms with Crippen molar-refractivity contribution < 1.29 is 23.1 Å². The van der Waals surface area contributed by atoms with E-state index in [1.807, 2.05) is 0 Å². The van der Waals surface area contributed by atoms with E-state index in [0.29, 0.717) is 0 Å². The summed E-state index contributed by atoms with van der Waals surface area (Å²) in [6, 6.07) is 0. The molecule has 0 heterocycles. The summed E-state index contributed by atoms with van der Waals surface area (Å²) in [5, 5.41) is 6.97. The van der Waals surface area contributed by atoms with Crippen LogP contribution in [0.25, 0.3) is 0 Å². The second-order valence-electron chi connectivity index (χ2n) is 2.60. The van der Waals surface area contributed by atoms with Crippen molar-refractivity contribution in [2.45, 2.75) is 28.7 Å².